The summed E-state index contributed by atoms with van der Waals surface area (Å²) in [5, 5.41) is 0.781. The Labute approximate surface area is 92.0 Å². The first-order chi connectivity index (χ1) is 6.56. The first-order valence-corrected chi connectivity index (χ1v) is 4.83. The number of hydrogen-bond donors (Lipinski definition) is 0. The number of carbonyl (C=O) groups is 1. The highest BCUT2D eigenvalue weighted by Crippen LogP contribution is 2.31. The molecule has 1 heterocycles. The predicted molar refractivity (Wildman–Crippen MR) is 54.9 cm³/mol. The minimum Gasteiger partial charge on any atom is -0.406 e. The van der Waals surface area contributed by atoms with Crippen molar-refractivity contribution >= 4 is 29.2 Å². The molecule has 3 nitrogen and oxygen atoms in total. The van der Waals surface area contributed by atoms with Crippen LogP contribution in [0.2, 0.25) is 10.0 Å². The summed E-state index contributed by atoms with van der Waals surface area (Å²) < 4.78 is 4.80. The molecule has 0 radical (unpaired) electrons. The molecule has 0 amide bonds. The third kappa shape index (κ3) is 2.36. The van der Waals surface area contributed by atoms with Gasteiger partial charge in [0, 0.05) is 13.1 Å². The second kappa shape index (κ2) is 4.62. The van der Waals surface area contributed by atoms with Gasteiger partial charge in [0.1, 0.15) is 5.02 Å². The fourth-order valence-corrected chi connectivity index (χ4v) is 1.66. The van der Waals surface area contributed by atoms with Crippen LogP contribution in [-0.2, 0) is 11.2 Å². The van der Waals surface area contributed by atoms with Crippen LogP contribution in [0.25, 0.3) is 0 Å². The highest BCUT2D eigenvalue weighted by molar-refractivity contribution is 6.36. The van der Waals surface area contributed by atoms with Crippen molar-refractivity contribution in [3.05, 3.63) is 21.8 Å². The molecule has 0 saturated carbocycles. The molecule has 0 fully saturated rings. The number of carbonyl (C=O) groups excluding carboxylic acids is 1. The Morgan fingerprint density at radius 1 is 1.57 bits per heavy atom. The standard InChI is InChI=1S/C9H9Cl2NO2/c1-3-6-7(10)4-12-9(8(6)11)14-5(2)13/h4H,3H2,1-2H3. The molecular formula is C9H9Cl2NO2. The van der Waals surface area contributed by atoms with Gasteiger partial charge in [-0.15, -0.1) is 0 Å². The highest BCUT2D eigenvalue weighted by Gasteiger charge is 2.12. The fraction of sp³-hybridized carbons (Fsp3) is 0.333. The van der Waals surface area contributed by atoms with E-state index in [4.69, 9.17) is 27.9 Å². The molecule has 0 aliphatic carbocycles. The number of nitrogens with zero attached hydrogens (tertiary/aromatic N) is 1. The number of aromatic nitrogens is 1. The van der Waals surface area contributed by atoms with Gasteiger partial charge in [-0.05, 0) is 12.0 Å². The third-order valence-electron chi connectivity index (χ3n) is 1.63. The smallest absolute Gasteiger partial charge is 0.309 e. The molecule has 1 aromatic heterocycles. The van der Waals surface area contributed by atoms with Gasteiger partial charge in [-0.2, -0.15) is 0 Å². The summed E-state index contributed by atoms with van der Waals surface area (Å²) >= 11 is 11.8. The number of pyridine rings is 1. The molecule has 0 saturated heterocycles. The van der Waals surface area contributed by atoms with Crippen molar-refractivity contribution in [1.29, 1.82) is 0 Å². The van der Waals surface area contributed by atoms with Crippen molar-refractivity contribution in [2.75, 3.05) is 0 Å². The Morgan fingerprint density at radius 2 is 2.21 bits per heavy atom. The van der Waals surface area contributed by atoms with Crippen LogP contribution in [0.5, 0.6) is 5.88 Å². The van der Waals surface area contributed by atoms with Crippen LogP contribution in [-0.4, -0.2) is 11.0 Å². The van der Waals surface area contributed by atoms with E-state index in [2.05, 4.69) is 4.98 Å². The van der Waals surface area contributed by atoms with Gasteiger partial charge in [0.2, 0.25) is 5.88 Å². The number of esters is 1. The zero-order chi connectivity index (χ0) is 10.7. The summed E-state index contributed by atoms with van der Waals surface area (Å²) in [4.78, 5) is 14.5. The van der Waals surface area contributed by atoms with E-state index in [9.17, 15) is 4.79 Å². The Hall–Kier alpha value is -0.800. The number of halogens is 2. The molecule has 0 aliphatic rings. The lowest BCUT2D eigenvalue weighted by Gasteiger charge is -2.07. The normalized spacial score (nSPS) is 10.0. The lowest BCUT2D eigenvalue weighted by molar-refractivity contribution is -0.132. The Morgan fingerprint density at radius 3 is 2.71 bits per heavy atom. The van der Waals surface area contributed by atoms with Crippen LogP contribution in [0.15, 0.2) is 6.20 Å². The third-order valence-corrected chi connectivity index (χ3v) is 2.35. The highest BCUT2D eigenvalue weighted by atomic mass is 35.5. The average molecular weight is 234 g/mol. The Kier molecular flexibility index (Phi) is 3.72. The van der Waals surface area contributed by atoms with Gasteiger partial charge in [0.25, 0.3) is 0 Å². The van der Waals surface area contributed by atoms with Crippen molar-refractivity contribution in [1.82, 2.24) is 4.98 Å². The number of rotatable bonds is 2. The minimum absolute atomic E-state index is 0.111. The Bertz CT molecular complexity index is 366. The van der Waals surface area contributed by atoms with Gasteiger partial charge >= 0.3 is 5.97 Å². The van der Waals surface area contributed by atoms with E-state index >= 15 is 0 Å². The summed E-state index contributed by atoms with van der Waals surface area (Å²) in [7, 11) is 0. The van der Waals surface area contributed by atoms with Gasteiger partial charge in [0.15, 0.2) is 0 Å². The van der Waals surface area contributed by atoms with Gasteiger partial charge in [-0.3, -0.25) is 4.79 Å². The maximum absolute atomic E-state index is 10.7. The van der Waals surface area contributed by atoms with Crippen LogP contribution < -0.4 is 4.74 Å². The average Bonchev–Trinajstić information content (AvgIpc) is 2.10. The lowest BCUT2D eigenvalue weighted by Crippen LogP contribution is -2.04. The van der Waals surface area contributed by atoms with Crippen LogP contribution in [0.4, 0.5) is 0 Å². The van der Waals surface area contributed by atoms with Crippen LogP contribution in [0.1, 0.15) is 19.4 Å². The predicted octanol–water partition coefficient (Wildman–Crippen LogP) is 2.88. The molecule has 14 heavy (non-hydrogen) atoms. The van der Waals surface area contributed by atoms with Gasteiger partial charge in [0.05, 0.1) is 5.02 Å². The van der Waals surface area contributed by atoms with E-state index in [0.717, 1.165) is 5.56 Å². The molecule has 1 aromatic rings. The number of hydrogen-bond acceptors (Lipinski definition) is 3. The molecule has 0 N–H and O–H groups in total. The molecule has 5 heteroatoms. The first kappa shape index (κ1) is 11.3. The molecule has 76 valence electrons. The monoisotopic (exact) mass is 233 g/mol. The van der Waals surface area contributed by atoms with Crippen molar-refractivity contribution in [2.45, 2.75) is 20.3 Å². The van der Waals surface area contributed by atoms with E-state index in [1.165, 1.54) is 13.1 Å². The van der Waals surface area contributed by atoms with Crippen LogP contribution >= 0.6 is 23.2 Å². The summed E-state index contributed by atoms with van der Waals surface area (Å²) in [5.41, 5.74) is 0.736. The largest absolute Gasteiger partial charge is 0.406 e. The van der Waals surface area contributed by atoms with Crippen LogP contribution in [0.3, 0.4) is 0 Å². The summed E-state index contributed by atoms with van der Waals surface area (Å²) in [6, 6.07) is 0. The zero-order valence-electron chi connectivity index (χ0n) is 7.80. The van der Waals surface area contributed by atoms with E-state index < -0.39 is 5.97 Å². The maximum Gasteiger partial charge on any atom is 0.309 e. The van der Waals surface area contributed by atoms with Crippen molar-refractivity contribution in [3.63, 3.8) is 0 Å². The van der Waals surface area contributed by atoms with E-state index in [0.29, 0.717) is 16.5 Å². The fourth-order valence-electron chi connectivity index (χ4n) is 1.02. The molecule has 0 unspecified atom stereocenters. The number of ether oxygens (including phenoxy) is 1. The quantitative estimate of drug-likeness (QED) is 0.738. The van der Waals surface area contributed by atoms with E-state index in [-0.39, 0.29) is 5.88 Å². The van der Waals surface area contributed by atoms with Crippen LogP contribution in [0, 0.1) is 0 Å². The van der Waals surface area contributed by atoms with Crippen molar-refractivity contribution in [2.24, 2.45) is 0 Å². The summed E-state index contributed by atoms with van der Waals surface area (Å²) in [6.45, 7) is 3.20. The Balaban J connectivity index is 3.14. The summed E-state index contributed by atoms with van der Waals surface area (Å²) in [5.74, 6) is -0.343. The van der Waals surface area contributed by atoms with Crippen molar-refractivity contribution in [3.8, 4) is 5.88 Å². The van der Waals surface area contributed by atoms with E-state index in [1.54, 1.807) is 0 Å². The second-order valence-corrected chi connectivity index (χ2v) is 3.44. The molecular weight excluding hydrogens is 225 g/mol. The van der Waals surface area contributed by atoms with Gasteiger partial charge < -0.3 is 4.74 Å². The van der Waals surface area contributed by atoms with E-state index in [1.807, 2.05) is 6.92 Å². The molecule has 0 bridgehead atoms. The molecule has 0 aromatic carbocycles. The lowest BCUT2D eigenvalue weighted by atomic mass is 10.2. The van der Waals surface area contributed by atoms with Crippen molar-refractivity contribution < 1.29 is 9.53 Å². The molecule has 1 rings (SSSR count). The first-order valence-electron chi connectivity index (χ1n) is 4.07. The molecule has 0 aliphatic heterocycles. The maximum atomic E-state index is 10.7. The summed E-state index contributed by atoms with van der Waals surface area (Å²) in [6.07, 6.45) is 2.08. The topological polar surface area (TPSA) is 39.2 Å². The second-order valence-electron chi connectivity index (χ2n) is 2.65. The zero-order valence-corrected chi connectivity index (χ0v) is 9.32. The SMILES string of the molecule is CCc1c(Cl)cnc(OC(C)=O)c1Cl. The molecule has 0 spiro atoms. The van der Waals surface area contributed by atoms with Gasteiger partial charge in [-0.25, -0.2) is 4.98 Å². The van der Waals surface area contributed by atoms with Gasteiger partial charge in [-0.1, -0.05) is 30.1 Å². The molecule has 0 atom stereocenters. The minimum atomic E-state index is -0.455.